The zero-order chi connectivity index (χ0) is 41.4. The topological polar surface area (TPSA) is 153 Å². The number of rotatable bonds is 10. The van der Waals surface area contributed by atoms with Crippen molar-refractivity contribution in [3.8, 4) is 12.1 Å². The third-order valence-electron chi connectivity index (χ3n) is 9.48. The maximum absolute atomic E-state index is 15.3. The van der Waals surface area contributed by atoms with E-state index in [2.05, 4.69) is 9.13 Å². The quantitative estimate of drug-likeness (QED) is 0.0616. The largest absolute Gasteiger partial charge is 0.335 e. The van der Waals surface area contributed by atoms with E-state index in [4.69, 9.17) is 21.6 Å². The minimum absolute atomic E-state index is 0.0774. The van der Waals surface area contributed by atoms with Gasteiger partial charge < -0.3 is 30.8 Å². The number of halogens is 6. The Morgan fingerprint density at radius 2 is 1.02 bits per heavy atom. The summed E-state index contributed by atoms with van der Waals surface area (Å²) in [6, 6.07) is 6.34. The highest BCUT2D eigenvalue weighted by Gasteiger charge is 2.30. The number of thiophene rings is 3. The average Bonchev–Trinajstić information content (AvgIpc) is 3.97. The van der Waals surface area contributed by atoms with E-state index >= 15 is 17.6 Å². The molecule has 5 heterocycles. The van der Waals surface area contributed by atoms with Crippen LogP contribution in [0.2, 0.25) is 0 Å². The third-order valence-corrected chi connectivity index (χ3v) is 13.1. The molecule has 0 atom stereocenters. The lowest BCUT2D eigenvalue weighted by atomic mass is 9.96. The summed E-state index contributed by atoms with van der Waals surface area (Å²) < 4.78 is 98.0. The Morgan fingerprint density at radius 1 is 0.579 bits per heavy atom. The van der Waals surface area contributed by atoms with Crippen molar-refractivity contribution in [1.82, 2.24) is 9.13 Å². The van der Waals surface area contributed by atoms with Gasteiger partial charge in [-0.1, -0.05) is 0 Å². The van der Waals surface area contributed by atoms with Crippen LogP contribution in [0.4, 0.5) is 26.3 Å². The molecule has 57 heavy (non-hydrogen) atoms. The minimum Gasteiger partial charge on any atom is -0.335 e. The molecule has 4 N–H and O–H groups in total. The highest BCUT2D eigenvalue weighted by atomic mass is 32.1. The highest BCUT2D eigenvalue weighted by Crippen LogP contribution is 2.51. The van der Waals surface area contributed by atoms with Crippen LogP contribution in [-0.2, 0) is 0 Å². The van der Waals surface area contributed by atoms with Crippen molar-refractivity contribution in [3.63, 3.8) is 0 Å². The van der Waals surface area contributed by atoms with E-state index in [-0.39, 0.29) is 29.4 Å². The molecule has 0 aliphatic rings. The average molecular weight is 829 g/mol. The van der Waals surface area contributed by atoms with Crippen molar-refractivity contribution in [1.29, 1.82) is 32.2 Å². The van der Waals surface area contributed by atoms with Crippen LogP contribution in [0.5, 0.6) is 0 Å². The Labute approximate surface area is 331 Å². The maximum Gasteiger partial charge on any atom is 0.180 e. The van der Waals surface area contributed by atoms with E-state index in [0.29, 0.717) is 22.2 Å². The zero-order valence-corrected chi connectivity index (χ0v) is 32.5. The fourth-order valence-electron chi connectivity index (χ4n) is 7.16. The van der Waals surface area contributed by atoms with Crippen molar-refractivity contribution in [2.75, 3.05) is 0 Å². The fraction of sp³-hybridized carbons (Fsp3) is 0.150. The molecule has 8 nitrogen and oxygen atoms in total. The first-order chi connectivity index (χ1) is 27.2. The Balaban J connectivity index is 1.45. The van der Waals surface area contributed by atoms with E-state index in [1.54, 1.807) is 6.07 Å². The van der Waals surface area contributed by atoms with E-state index in [1.165, 1.54) is 52.2 Å². The summed E-state index contributed by atoms with van der Waals surface area (Å²) in [6.45, 7) is 8.03. The summed E-state index contributed by atoms with van der Waals surface area (Å²) in [4.78, 5) is 1.04. The monoisotopic (exact) mass is 828 g/mol. The van der Waals surface area contributed by atoms with Gasteiger partial charge in [-0.3, -0.25) is 0 Å². The lowest BCUT2D eigenvalue weighted by Gasteiger charge is -2.14. The van der Waals surface area contributed by atoms with Gasteiger partial charge in [0, 0.05) is 74.5 Å². The molecule has 0 saturated carbocycles. The second-order valence-corrected chi connectivity index (χ2v) is 16.5. The van der Waals surface area contributed by atoms with Crippen LogP contribution in [-0.4, -0.2) is 34.0 Å². The molecule has 0 aliphatic carbocycles. The second-order valence-electron chi connectivity index (χ2n) is 13.3. The molecule has 7 aromatic rings. The molecule has 0 radical (unpaired) electrons. The number of hydrogen-bond acceptors (Lipinski definition) is 9. The van der Waals surface area contributed by atoms with E-state index in [1.807, 2.05) is 39.8 Å². The molecule has 2 aromatic carbocycles. The molecule has 17 heteroatoms. The SMILES string of the molecule is CC(C)n1c2cc(/C=C(\C=N)c3c(F)c(F)c(C=N)c(F)c3C#N)sc2c2sc3c4sc(/C=C(\C=N)c5c(F)c(F)c(C#N)c(F)c5C=N)cc4n(C(C)C)c3c21. The standard InChI is InChI=1S/C40H26F6N8S3/c1-15(2)53-25-7-19(5-17(9-47)27-21(11-49)29(41)23(13-51)31(43)33(27)45)55-37(25)39-35(53)36-40(57-39)38-26(54(36)16(3)4)8-20(56-38)6-18(10-48)28-22(12-50)30(42)24(14-52)32(44)34(28)46/h5-11,14-16,47-49,52H,1-4H3/b17-5+,18-6+,47-9?,48-10?,49-11?,52-14?. The first-order valence-corrected chi connectivity index (χ1v) is 19.3. The third kappa shape index (κ3) is 5.68. The second kappa shape index (κ2) is 14.4. The molecule has 0 aliphatic heterocycles. The van der Waals surface area contributed by atoms with Crippen molar-refractivity contribution in [2.45, 2.75) is 39.8 Å². The van der Waals surface area contributed by atoms with E-state index in [0.717, 1.165) is 47.1 Å². The molecule has 0 bridgehead atoms. The van der Waals surface area contributed by atoms with Gasteiger partial charge in [0.1, 0.15) is 17.7 Å². The van der Waals surface area contributed by atoms with Crippen LogP contribution in [0.25, 0.3) is 64.2 Å². The number of nitrogens with zero attached hydrogens (tertiary/aromatic N) is 4. The van der Waals surface area contributed by atoms with Gasteiger partial charge in [-0.05, 0) is 52.0 Å². The van der Waals surface area contributed by atoms with E-state index in [9.17, 15) is 19.3 Å². The number of nitriles is 2. The first kappa shape index (κ1) is 39.1. The predicted molar refractivity (Wildman–Crippen MR) is 218 cm³/mol. The molecule has 7 rings (SSSR count). The highest BCUT2D eigenvalue weighted by molar-refractivity contribution is 7.34. The summed E-state index contributed by atoms with van der Waals surface area (Å²) in [5.74, 6) is -9.26. The maximum atomic E-state index is 15.3. The molecule has 0 saturated heterocycles. The molecular weight excluding hydrogens is 803 g/mol. The van der Waals surface area contributed by atoms with Gasteiger partial charge in [0.05, 0.1) is 52.0 Å². The van der Waals surface area contributed by atoms with Gasteiger partial charge >= 0.3 is 0 Å². The summed E-state index contributed by atoms with van der Waals surface area (Å²) in [5.41, 5.74) is -1.97. The van der Waals surface area contributed by atoms with Gasteiger partial charge in [-0.15, -0.1) is 34.0 Å². The lowest BCUT2D eigenvalue weighted by molar-refractivity contribution is 0.488. The summed E-state index contributed by atoms with van der Waals surface area (Å²) in [6.07, 6.45) is 4.99. The van der Waals surface area contributed by atoms with Gasteiger partial charge in [0.15, 0.2) is 34.9 Å². The van der Waals surface area contributed by atoms with Crippen molar-refractivity contribution < 1.29 is 26.3 Å². The Kier molecular flexibility index (Phi) is 9.89. The lowest BCUT2D eigenvalue weighted by Crippen LogP contribution is -2.08. The number of fused-ring (bicyclic) bond motifs is 7. The van der Waals surface area contributed by atoms with Crippen LogP contribution in [0.1, 0.15) is 82.9 Å². The van der Waals surface area contributed by atoms with Crippen LogP contribution in [0, 0.1) is 79.2 Å². The Bertz CT molecular complexity index is 3100. The number of hydrogen-bond donors (Lipinski definition) is 4. The van der Waals surface area contributed by atoms with Gasteiger partial charge in [0.2, 0.25) is 0 Å². The van der Waals surface area contributed by atoms with Crippen LogP contribution < -0.4 is 0 Å². The van der Waals surface area contributed by atoms with Gasteiger partial charge in [-0.25, -0.2) is 26.3 Å². The Morgan fingerprint density at radius 3 is 1.44 bits per heavy atom. The van der Waals surface area contributed by atoms with E-state index < -0.39 is 68.3 Å². The van der Waals surface area contributed by atoms with Gasteiger partial charge in [-0.2, -0.15) is 10.5 Å². The van der Waals surface area contributed by atoms with Crippen LogP contribution in [0.3, 0.4) is 0 Å². The number of nitrogens with one attached hydrogen (secondary N) is 4. The smallest absolute Gasteiger partial charge is 0.180 e. The Hall–Kier alpha value is -6.14. The first-order valence-electron chi connectivity index (χ1n) is 16.9. The van der Waals surface area contributed by atoms with Crippen molar-refractivity contribution in [2.24, 2.45) is 0 Å². The molecule has 0 fully saturated rings. The zero-order valence-electron chi connectivity index (χ0n) is 30.1. The summed E-state index contributed by atoms with van der Waals surface area (Å²) >= 11 is 4.12. The molecule has 0 unspecified atom stereocenters. The van der Waals surface area contributed by atoms with Crippen LogP contribution in [0.15, 0.2) is 12.1 Å². The van der Waals surface area contributed by atoms with Crippen molar-refractivity contribution in [3.05, 3.63) is 90.2 Å². The minimum atomic E-state index is -1.71. The predicted octanol–water partition coefficient (Wildman–Crippen LogP) is 12.2. The summed E-state index contributed by atoms with van der Waals surface area (Å²) in [7, 11) is 0. The number of benzene rings is 2. The molecule has 5 aromatic heterocycles. The van der Waals surface area contributed by atoms with Crippen molar-refractivity contribution >= 4 is 123 Å². The number of allylic oxidation sites excluding steroid dienone is 2. The molecule has 0 spiro atoms. The molecule has 286 valence electrons. The van der Waals surface area contributed by atoms with Crippen LogP contribution >= 0.6 is 34.0 Å². The molecular formula is C40H26F6N8S3. The summed E-state index contributed by atoms with van der Waals surface area (Å²) in [5, 5.41) is 49.8. The normalized spacial score (nSPS) is 12.5. The number of aromatic nitrogens is 2. The molecule has 0 amide bonds. The fourth-order valence-corrected chi connectivity index (χ4v) is 10.9. The van der Waals surface area contributed by atoms with Gasteiger partial charge in [0.25, 0.3) is 0 Å².